The minimum atomic E-state index is -0.803. The van der Waals surface area contributed by atoms with Crippen LogP contribution in [-0.4, -0.2) is 40.9 Å². The van der Waals surface area contributed by atoms with Crippen LogP contribution in [0.15, 0.2) is 72.6 Å². The summed E-state index contributed by atoms with van der Waals surface area (Å²) in [7, 11) is 3.04. The molecule has 1 saturated heterocycles. The van der Waals surface area contributed by atoms with E-state index < -0.39 is 17.7 Å². The molecule has 1 amide bonds. The Kier molecular flexibility index (Phi) is 6.13. The molecule has 1 aliphatic rings. The minimum absolute atomic E-state index is 0.00463. The van der Waals surface area contributed by atoms with Crippen molar-refractivity contribution in [3.8, 4) is 11.5 Å². The number of aliphatic hydroxyl groups is 1. The summed E-state index contributed by atoms with van der Waals surface area (Å²) in [5.41, 5.74) is 2.64. The molecule has 4 rings (SSSR count). The Morgan fingerprint density at radius 2 is 1.70 bits per heavy atom. The fraction of sp³-hybridized carbons (Fsp3) is 0.192. The number of amides is 1. The molecule has 1 aliphatic heterocycles. The lowest BCUT2D eigenvalue weighted by Gasteiger charge is -2.26. The minimum Gasteiger partial charge on any atom is -0.507 e. The number of ether oxygens (including phenoxy) is 2. The summed E-state index contributed by atoms with van der Waals surface area (Å²) in [6.45, 7) is 2.00. The average molecular weight is 444 g/mol. The predicted molar refractivity (Wildman–Crippen MR) is 123 cm³/mol. The van der Waals surface area contributed by atoms with E-state index in [4.69, 9.17) is 9.47 Å². The quantitative estimate of drug-likeness (QED) is 0.351. The molecule has 7 heteroatoms. The number of Topliss-reactive ketones (excluding diaryl/α,β-unsaturated/α-hetero) is 1. The van der Waals surface area contributed by atoms with Crippen molar-refractivity contribution in [1.29, 1.82) is 0 Å². The van der Waals surface area contributed by atoms with Crippen LogP contribution >= 0.6 is 0 Å². The van der Waals surface area contributed by atoms with E-state index >= 15 is 0 Å². The van der Waals surface area contributed by atoms with Gasteiger partial charge < -0.3 is 19.5 Å². The largest absolute Gasteiger partial charge is 0.507 e. The SMILES string of the molecule is COc1ccccc1CN1C(=O)C(=O)/C(=C(/O)c2cc(C)ccc2OC)C1c1ccncc1. The first-order chi connectivity index (χ1) is 16.0. The van der Waals surface area contributed by atoms with Crippen molar-refractivity contribution in [3.05, 3.63) is 94.8 Å². The number of aromatic nitrogens is 1. The lowest BCUT2D eigenvalue weighted by molar-refractivity contribution is -0.140. The summed E-state index contributed by atoms with van der Waals surface area (Å²) in [4.78, 5) is 31.9. The van der Waals surface area contributed by atoms with Crippen molar-refractivity contribution < 1.29 is 24.2 Å². The summed E-state index contributed by atoms with van der Waals surface area (Å²) in [5, 5.41) is 11.3. The molecule has 1 N–H and O–H groups in total. The lowest BCUT2D eigenvalue weighted by atomic mass is 9.95. The Morgan fingerprint density at radius 1 is 1.00 bits per heavy atom. The number of pyridine rings is 1. The summed E-state index contributed by atoms with van der Waals surface area (Å²) in [6.07, 6.45) is 3.18. The number of aliphatic hydroxyl groups excluding tert-OH is 1. The van der Waals surface area contributed by atoms with Gasteiger partial charge in [-0.3, -0.25) is 14.6 Å². The van der Waals surface area contributed by atoms with Gasteiger partial charge >= 0.3 is 0 Å². The second kappa shape index (κ2) is 9.16. The Hall–Kier alpha value is -4.13. The third kappa shape index (κ3) is 4.05. The van der Waals surface area contributed by atoms with E-state index in [0.29, 0.717) is 22.6 Å². The Balaban J connectivity index is 1.90. The molecule has 0 radical (unpaired) electrons. The molecule has 1 fully saturated rings. The molecule has 1 unspecified atom stereocenters. The van der Waals surface area contributed by atoms with Crippen molar-refractivity contribution >= 4 is 17.4 Å². The van der Waals surface area contributed by atoms with Crippen LogP contribution in [0.25, 0.3) is 5.76 Å². The van der Waals surface area contributed by atoms with E-state index in [-0.39, 0.29) is 17.9 Å². The van der Waals surface area contributed by atoms with E-state index in [9.17, 15) is 14.7 Å². The number of hydrogen-bond donors (Lipinski definition) is 1. The number of aryl methyl sites for hydroxylation is 1. The standard InChI is InChI=1S/C26H24N2O5/c1-16-8-9-21(33-3)19(14-16)24(29)22-23(17-10-12-27-13-11-17)28(26(31)25(22)30)15-18-6-4-5-7-20(18)32-2/h4-14,23,29H,15H2,1-3H3/b24-22+. The number of methoxy groups -OCH3 is 2. The first-order valence-corrected chi connectivity index (χ1v) is 10.4. The zero-order valence-electron chi connectivity index (χ0n) is 18.6. The summed E-state index contributed by atoms with van der Waals surface area (Å²) < 4.78 is 10.8. The van der Waals surface area contributed by atoms with Crippen LogP contribution < -0.4 is 9.47 Å². The normalized spacial score (nSPS) is 17.3. The number of likely N-dealkylation sites (tertiary alicyclic amines) is 1. The smallest absolute Gasteiger partial charge is 0.295 e. The topological polar surface area (TPSA) is 89.0 Å². The second-order valence-corrected chi connectivity index (χ2v) is 7.72. The maximum atomic E-state index is 13.2. The maximum Gasteiger partial charge on any atom is 0.295 e. The number of carbonyl (C=O) groups excluding carboxylic acids is 2. The first kappa shape index (κ1) is 22.1. The molecule has 0 aliphatic carbocycles. The van der Waals surface area contributed by atoms with E-state index in [1.165, 1.54) is 12.0 Å². The highest BCUT2D eigenvalue weighted by atomic mass is 16.5. The molecule has 3 aromatic rings. The fourth-order valence-corrected chi connectivity index (χ4v) is 4.10. The van der Waals surface area contributed by atoms with Gasteiger partial charge in [-0.25, -0.2) is 0 Å². The molecule has 1 aromatic heterocycles. The van der Waals surface area contributed by atoms with Gasteiger partial charge in [0, 0.05) is 18.0 Å². The highest BCUT2D eigenvalue weighted by Gasteiger charge is 2.46. The van der Waals surface area contributed by atoms with Gasteiger partial charge in [0.2, 0.25) is 0 Å². The second-order valence-electron chi connectivity index (χ2n) is 7.72. The number of nitrogens with zero attached hydrogens (tertiary/aromatic N) is 2. The number of carbonyl (C=O) groups is 2. The number of hydrogen-bond acceptors (Lipinski definition) is 6. The summed E-state index contributed by atoms with van der Waals surface area (Å²) >= 11 is 0. The van der Waals surface area contributed by atoms with Gasteiger partial charge in [0.25, 0.3) is 11.7 Å². The van der Waals surface area contributed by atoms with Crippen LogP contribution in [0.4, 0.5) is 0 Å². The van der Waals surface area contributed by atoms with Gasteiger partial charge in [-0.1, -0.05) is 29.8 Å². The van der Waals surface area contributed by atoms with Crippen molar-refractivity contribution in [2.24, 2.45) is 0 Å². The third-order valence-corrected chi connectivity index (χ3v) is 5.71. The van der Waals surface area contributed by atoms with Gasteiger partial charge in [-0.15, -0.1) is 0 Å². The van der Waals surface area contributed by atoms with Crippen molar-refractivity contribution in [2.75, 3.05) is 14.2 Å². The van der Waals surface area contributed by atoms with Gasteiger partial charge in [0.05, 0.1) is 37.9 Å². The molecule has 2 aromatic carbocycles. The third-order valence-electron chi connectivity index (χ3n) is 5.71. The van der Waals surface area contributed by atoms with Crippen LogP contribution in [0.5, 0.6) is 11.5 Å². The fourth-order valence-electron chi connectivity index (χ4n) is 4.10. The molecule has 7 nitrogen and oxygen atoms in total. The number of para-hydroxylation sites is 1. The lowest BCUT2D eigenvalue weighted by Crippen LogP contribution is -2.29. The zero-order chi connectivity index (χ0) is 23.5. The zero-order valence-corrected chi connectivity index (χ0v) is 18.6. The molecule has 0 bridgehead atoms. The molecule has 1 atom stereocenters. The first-order valence-electron chi connectivity index (χ1n) is 10.4. The molecule has 33 heavy (non-hydrogen) atoms. The molecule has 168 valence electrons. The van der Waals surface area contributed by atoms with Crippen LogP contribution in [0.3, 0.4) is 0 Å². The summed E-state index contributed by atoms with van der Waals surface area (Å²) in [5.74, 6) is -0.724. The molecular weight excluding hydrogens is 420 g/mol. The van der Waals surface area contributed by atoms with E-state index in [0.717, 1.165) is 11.1 Å². The van der Waals surface area contributed by atoms with E-state index in [1.807, 2.05) is 31.2 Å². The summed E-state index contributed by atoms with van der Waals surface area (Å²) in [6, 6.07) is 15.3. The van der Waals surface area contributed by atoms with Crippen LogP contribution in [0, 0.1) is 6.92 Å². The van der Waals surface area contributed by atoms with E-state index in [2.05, 4.69) is 4.98 Å². The van der Waals surface area contributed by atoms with Crippen molar-refractivity contribution in [3.63, 3.8) is 0 Å². The highest BCUT2D eigenvalue weighted by molar-refractivity contribution is 6.46. The highest BCUT2D eigenvalue weighted by Crippen LogP contribution is 2.42. The molecule has 2 heterocycles. The number of benzene rings is 2. The van der Waals surface area contributed by atoms with E-state index in [1.54, 1.807) is 49.8 Å². The van der Waals surface area contributed by atoms with Gasteiger partial charge in [-0.05, 0) is 42.8 Å². The van der Waals surface area contributed by atoms with Crippen LogP contribution in [-0.2, 0) is 16.1 Å². The van der Waals surface area contributed by atoms with Crippen LogP contribution in [0.2, 0.25) is 0 Å². The Labute approximate surface area is 191 Å². The number of rotatable bonds is 6. The molecular formula is C26H24N2O5. The van der Waals surface area contributed by atoms with Gasteiger partial charge in [-0.2, -0.15) is 0 Å². The monoisotopic (exact) mass is 444 g/mol. The molecule has 0 saturated carbocycles. The number of ketones is 1. The van der Waals surface area contributed by atoms with Crippen molar-refractivity contribution in [1.82, 2.24) is 9.88 Å². The Bertz CT molecular complexity index is 1240. The predicted octanol–water partition coefficient (Wildman–Crippen LogP) is 4.03. The average Bonchev–Trinajstić information content (AvgIpc) is 3.09. The van der Waals surface area contributed by atoms with Crippen LogP contribution in [0.1, 0.15) is 28.3 Å². The Morgan fingerprint density at radius 3 is 2.39 bits per heavy atom. The van der Waals surface area contributed by atoms with Crippen molar-refractivity contribution in [2.45, 2.75) is 19.5 Å². The maximum absolute atomic E-state index is 13.2. The van der Waals surface area contributed by atoms with Gasteiger partial charge in [0.1, 0.15) is 17.3 Å². The van der Waals surface area contributed by atoms with Gasteiger partial charge in [0.15, 0.2) is 0 Å². The molecule has 0 spiro atoms.